The second kappa shape index (κ2) is 6.02. The van der Waals surface area contributed by atoms with E-state index in [4.69, 9.17) is 5.73 Å². The number of imidazole rings is 1. The predicted molar refractivity (Wildman–Crippen MR) is 88.6 cm³/mol. The van der Waals surface area contributed by atoms with Crippen LogP contribution in [0.1, 0.15) is 58.3 Å². The molecule has 21 heavy (non-hydrogen) atoms. The minimum Gasteiger partial charge on any atom is -0.323 e. The molecule has 0 aliphatic heterocycles. The maximum Gasteiger partial charge on any atom is 0.0994 e. The lowest BCUT2D eigenvalue weighted by atomic mass is 9.87. The average Bonchev–Trinajstić information content (AvgIpc) is 2.86. The Kier molecular flexibility index (Phi) is 4.52. The third kappa shape index (κ3) is 3.73. The van der Waals surface area contributed by atoms with E-state index >= 15 is 0 Å². The molecule has 0 aliphatic carbocycles. The molecule has 3 nitrogen and oxygen atoms in total. The van der Waals surface area contributed by atoms with E-state index < -0.39 is 0 Å². The third-order valence-electron chi connectivity index (χ3n) is 3.78. The molecule has 0 amide bonds. The number of nitrogens with zero attached hydrogens (tertiary/aromatic N) is 2. The number of rotatable bonds is 4. The molecule has 2 rings (SSSR count). The summed E-state index contributed by atoms with van der Waals surface area (Å²) in [5.74, 6) is 0.576. The zero-order valence-electron chi connectivity index (χ0n) is 13.8. The fourth-order valence-electron chi connectivity index (χ4n) is 2.55. The van der Waals surface area contributed by atoms with Crippen molar-refractivity contribution in [3.05, 3.63) is 48.0 Å². The second-order valence-corrected chi connectivity index (χ2v) is 7.22. The molecule has 0 fully saturated rings. The summed E-state index contributed by atoms with van der Waals surface area (Å²) in [4.78, 5) is 4.28. The molecule has 1 heterocycles. The standard InChI is InChI=1S/C18H27N3/c1-13(2)10-16(19)17-11-20-12-21(17)15-8-6-14(7-9-15)18(3,4)5/h6-9,11-13,16H,10,19H2,1-5H3. The zero-order chi connectivity index (χ0) is 15.6. The summed E-state index contributed by atoms with van der Waals surface area (Å²) in [6.45, 7) is 11.1. The van der Waals surface area contributed by atoms with Gasteiger partial charge in [0.1, 0.15) is 0 Å². The molecule has 1 atom stereocenters. The van der Waals surface area contributed by atoms with E-state index in [0.29, 0.717) is 5.92 Å². The first kappa shape index (κ1) is 15.8. The van der Waals surface area contributed by atoms with E-state index in [2.05, 4.69) is 68.4 Å². The van der Waals surface area contributed by atoms with Gasteiger partial charge in [-0.25, -0.2) is 4.98 Å². The second-order valence-electron chi connectivity index (χ2n) is 7.22. The summed E-state index contributed by atoms with van der Waals surface area (Å²) < 4.78 is 2.10. The largest absolute Gasteiger partial charge is 0.323 e. The van der Waals surface area contributed by atoms with Crippen LogP contribution in [0, 0.1) is 5.92 Å². The molecule has 1 aromatic carbocycles. The number of hydrogen-bond donors (Lipinski definition) is 1. The van der Waals surface area contributed by atoms with Gasteiger partial charge in [-0.05, 0) is 35.4 Å². The van der Waals surface area contributed by atoms with E-state index in [1.165, 1.54) is 5.56 Å². The van der Waals surface area contributed by atoms with Crippen molar-refractivity contribution in [1.29, 1.82) is 0 Å². The monoisotopic (exact) mass is 285 g/mol. The topological polar surface area (TPSA) is 43.8 Å². The van der Waals surface area contributed by atoms with Crippen LogP contribution in [0.2, 0.25) is 0 Å². The molecular weight excluding hydrogens is 258 g/mol. The Hall–Kier alpha value is -1.61. The zero-order valence-corrected chi connectivity index (χ0v) is 13.8. The summed E-state index contributed by atoms with van der Waals surface area (Å²) in [7, 11) is 0. The molecule has 2 aromatic rings. The van der Waals surface area contributed by atoms with Gasteiger partial charge in [0.25, 0.3) is 0 Å². The molecule has 2 N–H and O–H groups in total. The Labute approximate surface area is 128 Å². The average molecular weight is 285 g/mol. The van der Waals surface area contributed by atoms with Gasteiger partial charge in [-0.15, -0.1) is 0 Å². The molecule has 0 radical (unpaired) electrons. The van der Waals surface area contributed by atoms with Crippen molar-refractivity contribution < 1.29 is 0 Å². The fraction of sp³-hybridized carbons (Fsp3) is 0.500. The van der Waals surface area contributed by atoms with Crippen LogP contribution in [0.15, 0.2) is 36.8 Å². The van der Waals surface area contributed by atoms with Crippen LogP contribution in [0.5, 0.6) is 0 Å². The van der Waals surface area contributed by atoms with Crippen molar-refractivity contribution in [3.8, 4) is 5.69 Å². The van der Waals surface area contributed by atoms with Crippen LogP contribution in [-0.4, -0.2) is 9.55 Å². The number of benzene rings is 1. The molecule has 0 saturated carbocycles. The molecule has 114 valence electrons. The van der Waals surface area contributed by atoms with Gasteiger partial charge < -0.3 is 10.3 Å². The van der Waals surface area contributed by atoms with E-state index in [9.17, 15) is 0 Å². The van der Waals surface area contributed by atoms with Crippen molar-refractivity contribution in [3.63, 3.8) is 0 Å². The summed E-state index contributed by atoms with van der Waals surface area (Å²) in [6, 6.07) is 8.69. The van der Waals surface area contributed by atoms with E-state index in [-0.39, 0.29) is 11.5 Å². The van der Waals surface area contributed by atoms with Gasteiger partial charge in [-0.2, -0.15) is 0 Å². The first-order valence-electron chi connectivity index (χ1n) is 7.68. The maximum atomic E-state index is 6.32. The van der Waals surface area contributed by atoms with Crippen LogP contribution in [0.25, 0.3) is 5.69 Å². The van der Waals surface area contributed by atoms with Crippen LogP contribution in [0.3, 0.4) is 0 Å². The van der Waals surface area contributed by atoms with Gasteiger partial charge in [0.05, 0.1) is 18.2 Å². The first-order valence-corrected chi connectivity index (χ1v) is 7.68. The summed E-state index contributed by atoms with van der Waals surface area (Å²) in [5, 5.41) is 0. The van der Waals surface area contributed by atoms with E-state index in [1.807, 2.05) is 12.5 Å². The van der Waals surface area contributed by atoms with Crippen molar-refractivity contribution in [2.24, 2.45) is 11.7 Å². The lowest BCUT2D eigenvalue weighted by molar-refractivity contribution is 0.498. The van der Waals surface area contributed by atoms with Crippen LogP contribution >= 0.6 is 0 Å². The Morgan fingerprint density at radius 3 is 2.29 bits per heavy atom. The van der Waals surface area contributed by atoms with Gasteiger partial charge in [-0.1, -0.05) is 46.8 Å². The Bertz CT molecular complexity index is 573. The third-order valence-corrected chi connectivity index (χ3v) is 3.78. The molecule has 1 aromatic heterocycles. The quantitative estimate of drug-likeness (QED) is 0.914. The van der Waals surface area contributed by atoms with Crippen LogP contribution < -0.4 is 5.73 Å². The highest BCUT2D eigenvalue weighted by Crippen LogP contribution is 2.25. The van der Waals surface area contributed by atoms with Crippen molar-refractivity contribution in [1.82, 2.24) is 9.55 Å². The molecule has 0 saturated heterocycles. The fourth-order valence-corrected chi connectivity index (χ4v) is 2.55. The summed E-state index contributed by atoms with van der Waals surface area (Å²) in [5.41, 5.74) is 10.0. The first-order chi connectivity index (χ1) is 9.79. The highest BCUT2D eigenvalue weighted by atomic mass is 15.1. The van der Waals surface area contributed by atoms with Crippen LogP contribution in [0.4, 0.5) is 0 Å². The van der Waals surface area contributed by atoms with Crippen molar-refractivity contribution in [2.75, 3.05) is 0 Å². The number of hydrogen-bond acceptors (Lipinski definition) is 2. The lowest BCUT2D eigenvalue weighted by Gasteiger charge is -2.20. The predicted octanol–water partition coefficient (Wildman–Crippen LogP) is 4.22. The summed E-state index contributed by atoms with van der Waals surface area (Å²) in [6.07, 6.45) is 4.69. The van der Waals surface area contributed by atoms with Gasteiger partial charge >= 0.3 is 0 Å². The molecular formula is C18H27N3. The Morgan fingerprint density at radius 2 is 1.76 bits per heavy atom. The molecule has 1 unspecified atom stereocenters. The highest BCUT2D eigenvalue weighted by molar-refractivity contribution is 5.38. The van der Waals surface area contributed by atoms with Crippen LogP contribution in [-0.2, 0) is 5.41 Å². The number of nitrogens with two attached hydrogens (primary N) is 1. The smallest absolute Gasteiger partial charge is 0.0994 e. The minimum absolute atomic E-state index is 0.0230. The van der Waals surface area contributed by atoms with Gasteiger partial charge in [0, 0.05) is 11.7 Å². The normalized spacial score (nSPS) is 13.7. The van der Waals surface area contributed by atoms with E-state index in [1.54, 1.807) is 0 Å². The molecule has 0 spiro atoms. The van der Waals surface area contributed by atoms with E-state index in [0.717, 1.165) is 17.8 Å². The molecule has 0 aliphatic rings. The lowest BCUT2D eigenvalue weighted by Crippen LogP contribution is -2.17. The molecule has 3 heteroatoms. The molecule has 0 bridgehead atoms. The van der Waals surface area contributed by atoms with Gasteiger partial charge in [0.2, 0.25) is 0 Å². The Balaban J connectivity index is 2.29. The Morgan fingerprint density at radius 1 is 1.14 bits per heavy atom. The summed E-state index contributed by atoms with van der Waals surface area (Å²) >= 11 is 0. The minimum atomic E-state index is 0.0230. The van der Waals surface area contributed by atoms with Crippen molar-refractivity contribution in [2.45, 2.75) is 52.5 Å². The SMILES string of the molecule is CC(C)CC(N)c1cncn1-c1ccc(C(C)(C)C)cc1. The number of aromatic nitrogens is 2. The van der Waals surface area contributed by atoms with Gasteiger partial charge in [0.15, 0.2) is 0 Å². The van der Waals surface area contributed by atoms with Crippen molar-refractivity contribution >= 4 is 0 Å². The highest BCUT2D eigenvalue weighted by Gasteiger charge is 2.16. The van der Waals surface area contributed by atoms with Gasteiger partial charge in [-0.3, -0.25) is 0 Å². The maximum absolute atomic E-state index is 6.32.